The van der Waals surface area contributed by atoms with E-state index in [4.69, 9.17) is 0 Å². The standard InChI is InChI=1S/C12H14BrIN2OS/c13-10-2-1-8(14)5-11(10)16-12(17)6-9-7-18-4-3-15-9/h1-2,5,9,15H,3-4,6-7H2,(H,16,17). The zero-order valence-corrected chi connectivity index (χ0v) is 14.3. The van der Waals surface area contributed by atoms with Crippen LogP contribution in [0.25, 0.3) is 0 Å². The highest BCUT2D eigenvalue weighted by molar-refractivity contribution is 14.1. The normalized spacial score (nSPS) is 19.6. The number of hydrogen-bond donors (Lipinski definition) is 2. The van der Waals surface area contributed by atoms with Gasteiger partial charge in [-0.25, -0.2) is 0 Å². The third-order valence-corrected chi connectivity index (χ3v) is 5.13. The van der Waals surface area contributed by atoms with Crippen LogP contribution in [0.5, 0.6) is 0 Å². The van der Waals surface area contributed by atoms with Gasteiger partial charge in [-0.3, -0.25) is 4.79 Å². The molecule has 3 nitrogen and oxygen atoms in total. The molecule has 1 heterocycles. The van der Waals surface area contributed by atoms with Crippen LogP contribution in [0.1, 0.15) is 6.42 Å². The molecule has 0 saturated carbocycles. The first-order valence-corrected chi connectivity index (χ1v) is 8.74. The van der Waals surface area contributed by atoms with E-state index in [1.165, 1.54) is 0 Å². The van der Waals surface area contributed by atoms with Crippen molar-refractivity contribution in [1.82, 2.24) is 5.32 Å². The van der Waals surface area contributed by atoms with Gasteiger partial charge in [-0.2, -0.15) is 11.8 Å². The van der Waals surface area contributed by atoms with E-state index < -0.39 is 0 Å². The van der Waals surface area contributed by atoms with E-state index in [9.17, 15) is 4.79 Å². The minimum absolute atomic E-state index is 0.0673. The fraction of sp³-hybridized carbons (Fsp3) is 0.417. The minimum atomic E-state index is 0.0673. The number of carbonyl (C=O) groups is 1. The lowest BCUT2D eigenvalue weighted by atomic mass is 10.2. The van der Waals surface area contributed by atoms with E-state index in [2.05, 4.69) is 49.2 Å². The van der Waals surface area contributed by atoms with Crippen molar-refractivity contribution in [3.05, 3.63) is 26.2 Å². The molecule has 2 rings (SSSR count). The first kappa shape index (κ1) is 14.6. The summed E-state index contributed by atoms with van der Waals surface area (Å²) in [4.78, 5) is 12.0. The highest BCUT2D eigenvalue weighted by atomic mass is 127. The number of carbonyl (C=O) groups excluding carboxylic acids is 1. The van der Waals surface area contributed by atoms with Gasteiger partial charge < -0.3 is 10.6 Å². The van der Waals surface area contributed by atoms with E-state index in [0.717, 1.165) is 31.8 Å². The van der Waals surface area contributed by atoms with Gasteiger partial charge in [0.2, 0.25) is 5.91 Å². The van der Waals surface area contributed by atoms with Crippen LogP contribution >= 0.6 is 50.3 Å². The van der Waals surface area contributed by atoms with Crippen molar-refractivity contribution in [2.45, 2.75) is 12.5 Å². The van der Waals surface area contributed by atoms with Crippen LogP contribution in [0.4, 0.5) is 5.69 Å². The van der Waals surface area contributed by atoms with Gasteiger partial charge in [-0.05, 0) is 56.7 Å². The van der Waals surface area contributed by atoms with Crippen LogP contribution in [0.3, 0.4) is 0 Å². The Bertz CT molecular complexity index is 438. The van der Waals surface area contributed by atoms with Gasteiger partial charge >= 0.3 is 0 Å². The van der Waals surface area contributed by atoms with Crippen LogP contribution in [-0.2, 0) is 4.79 Å². The van der Waals surface area contributed by atoms with E-state index in [0.29, 0.717) is 12.5 Å². The summed E-state index contributed by atoms with van der Waals surface area (Å²) in [5.41, 5.74) is 0.843. The third kappa shape index (κ3) is 4.40. The number of benzene rings is 1. The summed E-state index contributed by atoms with van der Waals surface area (Å²) in [7, 11) is 0. The number of hydrogen-bond acceptors (Lipinski definition) is 3. The molecule has 1 unspecified atom stereocenters. The maximum atomic E-state index is 12.0. The number of amides is 1. The molecule has 1 amide bonds. The Morgan fingerprint density at radius 1 is 1.61 bits per heavy atom. The third-order valence-electron chi connectivity index (χ3n) is 2.63. The summed E-state index contributed by atoms with van der Waals surface area (Å²) in [5.74, 6) is 2.22. The van der Waals surface area contributed by atoms with Crippen molar-refractivity contribution in [3.63, 3.8) is 0 Å². The number of anilines is 1. The summed E-state index contributed by atoms with van der Waals surface area (Å²) >= 11 is 7.59. The van der Waals surface area contributed by atoms with E-state index in [-0.39, 0.29) is 5.91 Å². The van der Waals surface area contributed by atoms with Crippen LogP contribution < -0.4 is 10.6 Å². The summed E-state index contributed by atoms with van der Waals surface area (Å²) in [6.45, 7) is 0.996. The molecule has 0 aromatic heterocycles. The van der Waals surface area contributed by atoms with Gasteiger partial charge in [0.1, 0.15) is 0 Å². The van der Waals surface area contributed by atoms with Crippen molar-refractivity contribution in [1.29, 1.82) is 0 Å². The molecule has 0 aliphatic carbocycles. The Labute approximate surface area is 133 Å². The van der Waals surface area contributed by atoms with E-state index in [1.54, 1.807) is 0 Å². The van der Waals surface area contributed by atoms with Crippen molar-refractivity contribution >= 4 is 61.9 Å². The van der Waals surface area contributed by atoms with Gasteiger partial charge in [0.15, 0.2) is 0 Å². The van der Waals surface area contributed by atoms with Crippen LogP contribution in [-0.4, -0.2) is 30.0 Å². The maximum absolute atomic E-state index is 12.0. The van der Waals surface area contributed by atoms with Crippen molar-refractivity contribution in [2.75, 3.05) is 23.4 Å². The van der Waals surface area contributed by atoms with Crippen molar-refractivity contribution in [2.24, 2.45) is 0 Å². The molecule has 2 N–H and O–H groups in total. The fourth-order valence-corrected chi connectivity index (χ4v) is 3.56. The molecular formula is C12H14BrIN2OS. The van der Waals surface area contributed by atoms with Crippen LogP contribution in [0, 0.1) is 3.57 Å². The molecular weight excluding hydrogens is 427 g/mol. The number of rotatable bonds is 3. The van der Waals surface area contributed by atoms with Gasteiger partial charge in [-0.1, -0.05) is 0 Å². The van der Waals surface area contributed by atoms with Gasteiger partial charge in [0.25, 0.3) is 0 Å². The molecule has 1 saturated heterocycles. The molecule has 1 aromatic rings. The highest BCUT2D eigenvalue weighted by Gasteiger charge is 2.17. The number of thioether (sulfide) groups is 1. The average molecular weight is 441 g/mol. The highest BCUT2D eigenvalue weighted by Crippen LogP contribution is 2.24. The van der Waals surface area contributed by atoms with Gasteiger partial charge in [0.05, 0.1) is 5.69 Å². The lowest BCUT2D eigenvalue weighted by Crippen LogP contribution is -2.39. The zero-order valence-electron chi connectivity index (χ0n) is 9.71. The van der Waals surface area contributed by atoms with Crippen molar-refractivity contribution < 1.29 is 4.79 Å². The lowest BCUT2D eigenvalue weighted by molar-refractivity contribution is -0.116. The summed E-state index contributed by atoms with van der Waals surface area (Å²) in [6.07, 6.45) is 0.533. The topological polar surface area (TPSA) is 41.1 Å². The Hall–Kier alpha value is 0.210. The summed E-state index contributed by atoms with van der Waals surface area (Å²) < 4.78 is 2.03. The molecule has 0 bridgehead atoms. The summed E-state index contributed by atoms with van der Waals surface area (Å²) in [5, 5.41) is 6.33. The second-order valence-corrected chi connectivity index (χ2v) is 7.35. The molecule has 18 heavy (non-hydrogen) atoms. The molecule has 1 aromatic carbocycles. The first-order valence-electron chi connectivity index (χ1n) is 5.71. The predicted molar refractivity (Wildman–Crippen MR) is 89.2 cm³/mol. The zero-order chi connectivity index (χ0) is 13.0. The summed E-state index contributed by atoms with van der Waals surface area (Å²) in [6, 6.07) is 6.21. The van der Waals surface area contributed by atoms with Crippen LogP contribution in [0.15, 0.2) is 22.7 Å². The second-order valence-electron chi connectivity index (χ2n) is 4.10. The quantitative estimate of drug-likeness (QED) is 0.709. The monoisotopic (exact) mass is 440 g/mol. The van der Waals surface area contributed by atoms with Gasteiger partial charge in [-0.15, -0.1) is 0 Å². The predicted octanol–water partition coefficient (Wildman–Crippen LogP) is 3.09. The molecule has 98 valence electrons. The largest absolute Gasteiger partial charge is 0.325 e. The Morgan fingerprint density at radius 3 is 3.17 bits per heavy atom. The smallest absolute Gasteiger partial charge is 0.226 e. The Balaban J connectivity index is 1.92. The minimum Gasteiger partial charge on any atom is -0.325 e. The molecule has 1 aliphatic rings. The molecule has 1 fully saturated rings. The fourth-order valence-electron chi connectivity index (χ4n) is 1.77. The SMILES string of the molecule is O=C(CC1CSCCN1)Nc1cc(I)ccc1Br. The lowest BCUT2D eigenvalue weighted by Gasteiger charge is -2.22. The molecule has 6 heteroatoms. The molecule has 1 aliphatic heterocycles. The number of halogens is 2. The molecule has 0 radical (unpaired) electrons. The van der Waals surface area contributed by atoms with E-state index >= 15 is 0 Å². The van der Waals surface area contributed by atoms with Gasteiger partial charge in [0, 0.05) is 38.6 Å². The van der Waals surface area contributed by atoms with E-state index in [1.807, 2.05) is 30.0 Å². The van der Waals surface area contributed by atoms with Crippen LogP contribution in [0.2, 0.25) is 0 Å². The Morgan fingerprint density at radius 2 is 2.44 bits per heavy atom. The maximum Gasteiger partial charge on any atom is 0.226 e. The first-order chi connectivity index (χ1) is 8.65. The number of nitrogens with one attached hydrogen (secondary N) is 2. The van der Waals surface area contributed by atoms with Crippen molar-refractivity contribution in [3.8, 4) is 0 Å². The average Bonchev–Trinajstić information content (AvgIpc) is 2.35. The molecule has 1 atom stereocenters. The molecule has 0 spiro atoms. The second kappa shape index (κ2) is 7.12. The Kier molecular flexibility index (Phi) is 5.78.